The summed E-state index contributed by atoms with van der Waals surface area (Å²) < 4.78 is 25.3. The van der Waals surface area contributed by atoms with Crippen LogP contribution < -0.4 is 0 Å². The van der Waals surface area contributed by atoms with Crippen molar-refractivity contribution in [3.63, 3.8) is 0 Å². The zero-order valence-electron chi connectivity index (χ0n) is 9.05. The lowest BCUT2D eigenvalue weighted by atomic mass is 9.82. The Labute approximate surface area is 89.2 Å². The summed E-state index contributed by atoms with van der Waals surface area (Å²) in [7, 11) is 0. The van der Waals surface area contributed by atoms with Gasteiger partial charge in [-0.3, -0.25) is 0 Å². The van der Waals surface area contributed by atoms with E-state index >= 15 is 0 Å². The van der Waals surface area contributed by atoms with Crippen molar-refractivity contribution in [2.45, 2.75) is 50.6 Å². The molecule has 3 atom stereocenters. The zero-order chi connectivity index (χ0) is 11.1. The number of rotatable bonds is 3. The Hall–Kier alpha value is -0.440. The number of hydrogen-bond acceptors (Lipinski definition) is 1. The molecular formula is C12H18F2O. The predicted octanol–water partition coefficient (Wildman–Crippen LogP) is 3.14. The molecule has 1 N–H and O–H groups in total. The van der Waals surface area contributed by atoms with Crippen LogP contribution in [0.4, 0.5) is 8.78 Å². The second-order valence-corrected chi connectivity index (χ2v) is 5.18. The summed E-state index contributed by atoms with van der Waals surface area (Å²) in [6, 6.07) is 0. The molecule has 0 aromatic heterocycles. The second-order valence-electron chi connectivity index (χ2n) is 5.18. The van der Waals surface area contributed by atoms with E-state index in [9.17, 15) is 13.9 Å². The molecular weight excluding hydrogens is 198 g/mol. The third-order valence-electron chi connectivity index (χ3n) is 3.65. The summed E-state index contributed by atoms with van der Waals surface area (Å²) in [4.78, 5) is 0. The Balaban J connectivity index is 1.82. The van der Waals surface area contributed by atoms with Gasteiger partial charge in [0.1, 0.15) is 0 Å². The third-order valence-corrected chi connectivity index (χ3v) is 3.65. The Morgan fingerprint density at radius 3 is 2.60 bits per heavy atom. The minimum atomic E-state index is -2.44. The van der Waals surface area contributed by atoms with E-state index in [1.807, 2.05) is 12.2 Å². The lowest BCUT2D eigenvalue weighted by Gasteiger charge is -2.29. The molecule has 2 rings (SSSR count). The first-order chi connectivity index (χ1) is 6.91. The maximum absolute atomic E-state index is 12.6. The van der Waals surface area contributed by atoms with Crippen molar-refractivity contribution in [2.24, 2.45) is 11.8 Å². The van der Waals surface area contributed by atoms with Crippen molar-refractivity contribution in [3.8, 4) is 0 Å². The molecule has 1 nitrogen and oxygen atoms in total. The number of halogens is 2. The van der Waals surface area contributed by atoms with Crippen LogP contribution in [-0.4, -0.2) is 16.6 Å². The Kier molecular flexibility index (Phi) is 2.61. The molecule has 0 spiro atoms. The van der Waals surface area contributed by atoms with Crippen LogP contribution in [0.3, 0.4) is 0 Å². The molecule has 3 heteroatoms. The van der Waals surface area contributed by atoms with E-state index < -0.39 is 17.4 Å². The first kappa shape index (κ1) is 11.1. The summed E-state index contributed by atoms with van der Waals surface area (Å²) in [5, 5.41) is 10.1. The van der Waals surface area contributed by atoms with Crippen molar-refractivity contribution >= 4 is 0 Å². The van der Waals surface area contributed by atoms with Crippen molar-refractivity contribution in [2.75, 3.05) is 0 Å². The summed E-state index contributed by atoms with van der Waals surface area (Å²) in [5.41, 5.74) is -0.814. The van der Waals surface area contributed by atoms with E-state index in [2.05, 4.69) is 6.92 Å². The van der Waals surface area contributed by atoms with Gasteiger partial charge in [-0.1, -0.05) is 19.1 Å². The summed E-state index contributed by atoms with van der Waals surface area (Å²) in [6.45, 7) is 2.10. The van der Waals surface area contributed by atoms with Gasteiger partial charge in [-0.05, 0) is 31.6 Å². The number of alkyl halides is 2. The quantitative estimate of drug-likeness (QED) is 0.718. The van der Waals surface area contributed by atoms with Crippen molar-refractivity contribution in [1.29, 1.82) is 0 Å². The number of hydrogen-bond donors (Lipinski definition) is 1. The minimum absolute atomic E-state index is 0.0171. The van der Waals surface area contributed by atoms with Crippen LogP contribution in [-0.2, 0) is 0 Å². The summed E-state index contributed by atoms with van der Waals surface area (Å²) in [5.74, 6) is -2.41. The topological polar surface area (TPSA) is 20.2 Å². The van der Waals surface area contributed by atoms with Crippen LogP contribution in [0.1, 0.15) is 39.0 Å². The molecule has 0 amide bonds. The molecule has 86 valence electrons. The highest BCUT2D eigenvalue weighted by molar-refractivity contribution is 5.08. The molecule has 0 aromatic carbocycles. The highest BCUT2D eigenvalue weighted by Gasteiger charge is 2.56. The van der Waals surface area contributed by atoms with Crippen LogP contribution in [0.15, 0.2) is 12.2 Å². The first-order valence-electron chi connectivity index (χ1n) is 5.71. The van der Waals surface area contributed by atoms with Gasteiger partial charge in [-0.2, -0.15) is 0 Å². The minimum Gasteiger partial charge on any atom is -0.386 e. The Bertz CT molecular complexity index is 275. The fourth-order valence-corrected chi connectivity index (χ4v) is 2.22. The molecule has 2 aliphatic rings. The smallest absolute Gasteiger partial charge is 0.251 e. The second kappa shape index (κ2) is 3.55. The van der Waals surface area contributed by atoms with Crippen molar-refractivity contribution in [3.05, 3.63) is 12.2 Å². The molecule has 0 bridgehead atoms. The number of allylic oxidation sites excluding steroid dienone is 1. The lowest BCUT2D eigenvalue weighted by molar-refractivity contribution is 0.0477. The van der Waals surface area contributed by atoms with Gasteiger partial charge in [-0.25, -0.2) is 8.78 Å². The molecule has 0 radical (unpaired) electrons. The highest BCUT2D eigenvalue weighted by atomic mass is 19.3. The monoisotopic (exact) mass is 216 g/mol. The average Bonchev–Trinajstić information content (AvgIpc) is 2.77. The molecule has 0 aliphatic heterocycles. The maximum atomic E-state index is 12.6. The molecule has 1 saturated carbocycles. The summed E-state index contributed by atoms with van der Waals surface area (Å²) >= 11 is 0. The normalized spacial score (nSPS) is 42.9. The molecule has 3 unspecified atom stereocenters. The predicted molar refractivity (Wildman–Crippen MR) is 54.8 cm³/mol. The summed E-state index contributed by atoms with van der Waals surface area (Å²) in [6.07, 6.45) is 6.41. The third kappa shape index (κ3) is 2.57. The first-order valence-corrected chi connectivity index (χ1v) is 5.71. The fraction of sp³-hybridized carbons (Fsp3) is 0.833. The molecule has 2 aliphatic carbocycles. The average molecular weight is 216 g/mol. The molecule has 15 heavy (non-hydrogen) atoms. The van der Waals surface area contributed by atoms with Crippen LogP contribution >= 0.6 is 0 Å². The van der Waals surface area contributed by atoms with Gasteiger partial charge < -0.3 is 5.11 Å². The standard InChI is InChI=1S/C12H18F2O/c1-9-2-5-11(15,6-3-9)7-4-10-8-12(10,13)14/h2,5,9-10,15H,3-4,6-8H2,1H3. The lowest BCUT2D eigenvalue weighted by Crippen LogP contribution is -2.29. The van der Waals surface area contributed by atoms with Gasteiger partial charge in [0.05, 0.1) is 5.60 Å². The highest BCUT2D eigenvalue weighted by Crippen LogP contribution is 2.52. The molecule has 0 saturated heterocycles. The van der Waals surface area contributed by atoms with Crippen LogP contribution in [0, 0.1) is 11.8 Å². The van der Waals surface area contributed by atoms with E-state index in [1.54, 1.807) is 0 Å². The van der Waals surface area contributed by atoms with E-state index in [4.69, 9.17) is 0 Å². The fourth-order valence-electron chi connectivity index (χ4n) is 2.22. The Morgan fingerprint density at radius 2 is 2.13 bits per heavy atom. The number of aliphatic hydroxyl groups is 1. The zero-order valence-corrected chi connectivity index (χ0v) is 9.05. The van der Waals surface area contributed by atoms with Crippen molar-refractivity contribution < 1.29 is 13.9 Å². The van der Waals surface area contributed by atoms with Gasteiger partial charge in [0.2, 0.25) is 0 Å². The van der Waals surface area contributed by atoms with Gasteiger partial charge in [0.25, 0.3) is 5.92 Å². The molecule has 1 fully saturated rings. The Morgan fingerprint density at radius 1 is 1.47 bits per heavy atom. The van der Waals surface area contributed by atoms with Crippen molar-refractivity contribution in [1.82, 2.24) is 0 Å². The van der Waals surface area contributed by atoms with Crippen LogP contribution in [0.2, 0.25) is 0 Å². The van der Waals surface area contributed by atoms with Gasteiger partial charge in [-0.15, -0.1) is 0 Å². The van der Waals surface area contributed by atoms with E-state index in [0.717, 1.165) is 6.42 Å². The van der Waals surface area contributed by atoms with E-state index in [-0.39, 0.29) is 6.42 Å². The molecule has 0 aromatic rings. The molecule has 0 heterocycles. The van der Waals surface area contributed by atoms with Gasteiger partial charge in [0.15, 0.2) is 0 Å². The van der Waals surface area contributed by atoms with Crippen LogP contribution in [0.5, 0.6) is 0 Å². The maximum Gasteiger partial charge on any atom is 0.251 e. The van der Waals surface area contributed by atoms with Gasteiger partial charge in [0, 0.05) is 12.3 Å². The van der Waals surface area contributed by atoms with Gasteiger partial charge >= 0.3 is 0 Å². The van der Waals surface area contributed by atoms with E-state index in [0.29, 0.717) is 25.2 Å². The van der Waals surface area contributed by atoms with Crippen LogP contribution in [0.25, 0.3) is 0 Å². The SMILES string of the molecule is CC1C=CC(O)(CCC2CC2(F)F)CC1. The van der Waals surface area contributed by atoms with E-state index in [1.165, 1.54) is 0 Å². The largest absolute Gasteiger partial charge is 0.386 e.